The van der Waals surface area contributed by atoms with Crippen LogP contribution in [0.5, 0.6) is 5.75 Å². The molecule has 4 rings (SSSR count). The average molecular weight is 461 g/mol. The molecular formula is C23H28N2O6S. The molecule has 9 heteroatoms. The molecule has 1 saturated heterocycles. The number of ether oxygens (including phenoxy) is 2. The van der Waals surface area contributed by atoms with Gasteiger partial charge in [-0.1, -0.05) is 25.1 Å². The fourth-order valence-electron chi connectivity index (χ4n) is 4.31. The zero-order valence-corrected chi connectivity index (χ0v) is 18.7. The zero-order valence-electron chi connectivity index (χ0n) is 17.9. The standard InChI is InChI=1S/C23H28N2O6S/c1-2-10-24-22(27)13-16-12-19-18-11-15(25-32(28,29)17-6-4-3-5-7-17)8-9-20(18)31-23(19)21(14-26)30-16/h3-9,11,16,19,21,23,25-26H,2,10,12-14H2,1H3,(H,24,27)/t16-,19+,21-,23-/m1/s1. The molecule has 4 atom stereocenters. The van der Waals surface area contributed by atoms with Crippen molar-refractivity contribution in [1.82, 2.24) is 5.32 Å². The number of fused-ring (bicyclic) bond motifs is 3. The van der Waals surface area contributed by atoms with E-state index < -0.39 is 16.1 Å². The van der Waals surface area contributed by atoms with Crippen molar-refractivity contribution in [3.8, 4) is 5.75 Å². The number of sulfonamides is 1. The number of carbonyl (C=O) groups excluding carboxylic acids is 1. The summed E-state index contributed by atoms with van der Waals surface area (Å²) >= 11 is 0. The summed E-state index contributed by atoms with van der Waals surface area (Å²) in [6, 6.07) is 13.3. The fraction of sp³-hybridized carbons (Fsp3) is 0.435. The van der Waals surface area contributed by atoms with E-state index in [1.807, 2.05) is 6.92 Å². The highest BCUT2D eigenvalue weighted by Crippen LogP contribution is 2.47. The van der Waals surface area contributed by atoms with Gasteiger partial charge in [0.25, 0.3) is 10.0 Å². The zero-order chi connectivity index (χ0) is 22.7. The Kier molecular flexibility index (Phi) is 6.68. The van der Waals surface area contributed by atoms with Crippen LogP contribution < -0.4 is 14.8 Å². The molecule has 0 bridgehead atoms. The molecule has 2 aromatic carbocycles. The molecule has 0 radical (unpaired) electrons. The summed E-state index contributed by atoms with van der Waals surface area (Å²) in [5.74, 6) is 0.442. The van der Waals surface area contributed by atoms with E-state index in [0.717, 1.165) is 12.0 Å². The van der Waals surface area contributed by atoms with Crippen LogP contribution in [0.2, 0.25) is 0 Å². The Morgan fingerprint density at radius 3 is 2.69 bits per heavy atom. The molecule has 2 aromatic rings. The minimum absolute atomic E-state index is 0.0875. The first-order valence-corrected chi connectivity index (χ1v) is 12.3. The van der Waals surface area contributed by atoms with E-state index in [4.69, 9.17) is 9.47 Å². The van der Waals surface area contributed by atoms with Gasteiger partial charge in [-0.15, -0.1) is 0 Å². The van der Waals surface area contributed by atoms with Crippen LogP contribution in [-0.4, -0.2) is 50.9 Å². The van der Waals surface area contributed by atoms with Gasteiger partial charge in [0, 0.05) is 23.7 Å². The summed E-state index contributed by atoms with van der Waals surface area (Å²) in [7, 11) is -3.72. The molecule has 0 aromatic heterocycles. The van der Waals surface area contributed by atoms with Gasteiger partial charge in [0.15, 0.2) is 0 Å². The molecule has 1 fully saturated rings. The van der Waals surface area contributed by atoms with Gasteiger partial charge in [-0.25, -0.2) is 8.42 Å². The predicted molar refractivity (Wildman–Crippen MR) is 119 cm³/mol. The van der Waals surface area contributed by atoms with E-state index in [-0.39, 0.29) is 42.0 Å². The van der Waals surface area contributed by atoms with Gasteiger partial charge in [-0.05, 0) is 43.2 Å². The summed E-state index contributed by atoms with van der Waals surface area (Å²) in [6.07, 6.45) is 0.298. The molecule has 8 nitrogen and oxygen atoms in total. The summed E-state index contributed by atoms with van der Waals surface area (Å²) < 4.78 is 40.0. The number of hydrogen-bond donors (Lipinski definition) is 3. The number of carbonyl (C=O) groups is 1. The van der Waals surface area contributed by atoms with Crippen LogP contribution in [0, 0.1) is 0 Å². The van der Waals surface area contributed by atoms with E-state index in [1.54, 1.807) is 36.4 Å². The van der Waals surface area contributed by atoms with Crippen molar-refractivity contribution < 1.29 is 27.8 Å². The summed E-state index contributed by atoms with van der Waals surface area (Å²) in [6.45, 7) is 2.37. The maximum Gasteiger partial charge on any atom is 0.261 e. The molecule has 1 amide bonds. The van der Waals surface area contributed by atoms with Crippen molar-refractivity contribution in [3.05, 3.63) is 54.1 Å². The first-order chi connectivity index (χ1) is 15.4. The van der Waals surface area contributed by atoms with E-state index in [2.05, 4.69) is 10.0 Å². The van der Waals surface area contributed by atoms with Crippen LogP contribution in [0.4, 0.5) is 5.69 Å². The van der Waals surface area contributed by atoms with E-state index >= 15 is 0 Å². The van der Waals surface area contributed by atoms with Crippen LogP contribution in [0.1, 0.15) is 37.7 Å². The lowest BCUT2D eigenvalue weighted by molar-refractivity contribution is -0.142. The van der Waals surface area contributed by atoms with Crippen molar-refractivity contribution >= 4 is 21.6 Å². The Morgan fingerprint density at radius 2 is 1.97 bits per heavy atom. The van der Waals surface area contributed by atoms with Gasteiger partial charge in [0.1, 0.15) is 18.0 Å². The van der Waals surface area contributed by atoms with Crippen LogP contribution in [0.3, 0.4) is 0 Å². The van der Waals surface area contributed by atoms with Crippen LogP contribution in [0.15, 0.2) is 53.4 Å². The van der Waals surface area contributed by atoms with Crippen molar-refractivity contribution in [1.29, 1.82) is 0 Å². The van der Waals surface area contributed by atoms with E-state index in [9.17, 15) is 18.3 Å². The first-order valence-electron chi connectivity index (χ1n) is 10.8. The number of benzene rings is 2. The maximum atomic E-state index is 12.7. The second-order valence-corrected chi connectivity index (χ2v) is 9.81. The molecule has 172 valence electrons. The Morgan fingerprint density at radius 1 is 1.19 bits per heavy atom. The van der Waals surface area contributed by atoms with Gasteiger partial charge in [0.05, 0.1) is 24.0 Å². The SMILES string of the molecule is CCCNC(=O)C[C@H]1C[C@H]2c3cc(NS(=O)(=O)c4ccccc4)ccc3O[C@H]2[C@@H](CO)O1. The fourth-order valence-corrected chi connectivity index (χ4v) is 5.38. The number of amides is 1. The highest BCUT2D eigenvalue weighted by Gasteiger charge is 2.46. The number of anilines is 1. The molecule has 0 aliphatic carbocycles. The second-order valence-electron chi connectivity index (χ2n) is 8.13. The summed E-state index contributed by atoms with van der Waals surface area (Å²) in [5, 5.41) is 12.7. The molecule has 2 aliphatic heterocycles. The van der Waals surface area contributed by atoms with Crippen LogP contribution in [0.25, 0.3) is 0 Å². The van der Waals surface area contributed by atoms with Gasteiger partial charge in [-0.2, -0.15) is 0 Å². The minimum Gasteiger partial charge on any atom is -0.487 e. The molecular weight excluding hydrogens is 432 g/mol. The predicted octanol–water partition coefficient (Wildman–Crippen LogP) is 2.40. The molecule has 0 saturated carbocycles. The Hall–Kier alpha value is -2.62. The van der Waals surface area contributed by atoms with Gasteiger partial charge < -0.3 is 19.9 Å². The lowest BCUT2D eigenvalue weighted by Gasteiger charge is -2.37. The molecule has 2 aliphatic rings. The van der Waals surface area contributed by atoms with E-state index in [0.29, 0.717) is 24.4 Å². The quantitative estimate of drug-likeness (QED) is 0.557. The number of hydrogen-bond acceptors (Lipinski definition) is 6. The third-order valence-corrected chi connectivity index (χ3v) is 7.19. The number of nitrogens with one attached hydrogen (secondary N) is 2. The van der Waals surface area contributed by atoms with Gasteiger partial charge >= 0.3 is 0 Å². The molecule has 2 heterocycles. The Balaban J connectivity index is 1.54. The monoisotopic (exact) mass is 460 g/mol. The van der Waals surface area contributed by atoms with Gasteiger partial charge in [0.2, 0.25) is 5.91 Å². The van der Waals surface area contributed by atoms with Crippen molar-refractivity contribution in [2.24, 2.45) is 0 Å². The lowest BCUT2D eigenvalue weighted by Crippen LogP contribution is -2.47. The highest BCUT2D eigenvalue weighted by atomic mass is 32.2. The number of aliphatic hydroxyl groups is 1. The highest BCUT2D eigenvalue weighted by molar-refractivity contribution is 7.92. The van der Waals surface area contributed by atoms with Crippen molar-refractivity contribution in [3.63, 3.8) is 0 Å². The molecule has 0 spiro atoms. The summed E-state index contributed by atoms with van der Waals surface area (Å²) in [5.41, 5.74) is 1.28. The molecule has 32 heavy (non-hydrogen) atoms. The second kappa shape index (κ2) is 9.48. The minimum atomic E-state index is -3.72. The average Bonchev–Trinajstić information content (AvgIpc) is 3.15. The van der Waals surface area contributed by atoms with Crippen LogP contribution >= 0.6 is 0 Å². The smallest absolute Gasteiger partial charge is 0.261 e. The van der Waals surface area contributed by atoms with Crippen LogP contribution in [-0.2, 0) is 19.6 Å². The largest absolute Gasteiger partial charge is 0.487 e. The number of rotatable bonds is 8. The maximum absolute atomic E-state index is 12.7. The van der Waals surface area contributed by atoms with E-state index in [1.165, 1.54) is 12.1 Å². The molecule has 3 N–H and O–H groups in total. The normalized spacial score (nSPS) is 24.2. The first kappa shape index (κ1) is 22.6. The lowest BCUT2D eigenvalue weighted by atomic mass is 9.84. The Bertz CT molecular complexity index is 1060. The topological polar surface area (TPSA) is 114 Å². The van der Waals surface area contributed by atoms with Gasteiger partial charge in [-0.3, -0.25) is 9.52 Å². The third kappa shape index (κ3) is 4.74. The van der Waals surface area contributed by atoms with Crippen molar-refractivity contribution in [2.45, 2.75) is 55.3 Å². The Labute approximate surface area is 188 Å². The summed E-state index contributed by atoms with van der Waals surface area (Å²) in [4.78, 5) is 12.4. The molecule has 0 unspecified atom stereocenters. The van der Waals surface area contributed by atoms with Crippen molar-refractivity contribution in [2.75, 3.05) is 17.9 Å². The number of aliphatic hydroxyl groups excluding tert-OH is 1. The third-order valence-electron chi connectivity index (χ3n) is 5.79.